The van der Waals surface area contributed by atoms with E-state index in [1.54, 1.807) is 12.1 Å². The number of hydrogen-bond acceptors (Lipinski definition) is 4. The molecule has 0 saturated heterocycles. The molecule has 1 aromatic carbocycles. The molecule has 0 heterocycles. The molecule has 4 nitrogen and oxygen atoms in total. The molecule has 0 bridgehead atoms. The monoisotopic (exact) mass is 319 g/mol. The molecule has 118 valence electrons. The highest BCUT2D eigenvalue weighted by Gasteiger charge is 2.17. The molecule has 2 unspecified atom stereocenters. The van der Waals surface area contributed by atoms with Gasteiger partial charge in [-0.25, -0.2) is 0 Å². The molecule has 2 atom stereocenters. The first-order valence-corrected chi connectivity index (χ1v) is 7.71. The zero-order valence-electron chi connectivity index (χ0n) is 11.9. The van der Waals surface area contributed by atoms with E-state index in [1.165, 1.54) is 23.9 Å². The van der Waals surface area contributed by atoms with Gasteiger partial charge in [0.1, 0.15) is 5.75 Å². The molecule has 1 aromatic rings. The Morgan fingerprint density at radius 1 is 1.38 bits per heavy atom. The van der Waals surface area contributed by atoms with Crippen molar-refractivity contribution in [3.63, 3.8) is 0 Å². The number of alkyl halides is 2. The Morgan fingerprint density at radius 3 is 2.48 bits per heavy atom. The fourth-order valence-corrected chi connectivity index (χ4v) is 2.43. The summed E-state index contributed by atoms with van der Waals surface area (Å²) >= 11 is 1.48. The maximum atomic E-state index is 12.0. The summed E-state index contributed by atoms with van der Waals surface area (Å²) in [7, 11) is 0. The lowest BCUT2D eigenvalue weighted by atomic mass is 10.1. The normalized spacial score (nSPS) is 13.8. The van der Waals surface area contributed by atoms with Gasteiger partial charge < -0.3 is 15.2 Å². The molecule has 1 rings (SSSR count). The molecule has 7 heteroatoms. The van der Waals surface area contributed by atoms with Crippen LogP contribution in [0.25, 0.3) is 0 Å². The molecule has 0 aliphatic rings. The lowest BCUT2D eigenvalue weighted by Gasteiger charge is -2.21. The number of carbonyl (C=O) groups excluding carboxylic acids is 1. The number of aliphatic hydroxyl groups excluding tert-OH is 1. The Hall–Kier alpha value is -1.34. The molecule has 2 N–H and O–H groups in total. The van der Waals surface area contributed by atoms with E-state index in [9.17, 15) is 13.6 Å². The first kappa shape index (κ1) is 17.7. The summed E-state index contributed by atoms with van der Waals surface area (Å²) in [6.07, 6.45) is 2.01. The molecule has 0 radical (unpaired) electrons. The standard InChI is InChI=1S/C14H19F2NO3S/c1-9(12(8-18)21-2)17-13(19)7-10-3-5-11(6-4-10)20-14(15)16/h3-6,9,12,14,18H,7-8H2,1-2H3,(H,17,19). The van der Waals surface area contributed by atoms with Crippen molar-refractivity contribution >= 4 is 17.7 Å². The van der Waals surface area contributed by atoms with Crippen molar-refractivity contribution < 1.29 is 23.4 Å². The second-order valence-electron chi connectivity index (χ2n) is 4.51. The van der Waals surface area contributed by atoms with Crippen LogP contribution in [0.15, 0.2) is 24.3 Å². The smallest absolute Gasteiger partial charge is 0.387 e. The fourth-order valence-electron chi connectivity index (χ4n) is 1.81. The summed E-state index contributed by atoms with van der Waals surface area (Å²) in [5.74, 6) is -0.122. The number of rotatable bonds is 8. The van der Waals surface area contributed by atoms with Gasteiger partial charge in [-0.05, 0) is 30.9 Å². The number of halogens is 2. The van der Waals surface area contributed by atoms with Gasteiger partial charge in [-0.2, -0.15) is 20.5 Å². The number of carbonyl (C=O) groups is 1. The van der Waals surface area contributed by atoms with Crippen molar-refractivity contribution in [3.05, 3.63) is 29.8 Å². The Balaban J connectivity index is 2.51. The second-order valence-corrected chi connectivity index (χ2v) is 5.59. The quantitative estimate of drug-likeness (QED) is 0.770. The van der Waals surface area contributed by atoms with Gasteiger partial charge in [0.05, 0.1) is 13.0 Å². The summed E-state index contributed by atoms with van der Waals surface area (Å²) in [5, 5.41) is 11.9. The van der Waals surface area contributed by atoms with Crippen LogP contribution in [0.2, 0.25) is 0 Å². The van der Waals surface area contributed by atoms with Gasteiger partial charge in [-0.1, -0.05) is 12.1 Å². The van der Waals surface area contributed by atoms with Crippen molar-refractivity contribution in [1.29, 1.82) is 0 Å². The first-order chi connectivity index (χ1) is 9.96. The van der Waals surface area contributed by atoms with E-state index in [-0.39, 0.29) is 36.0 Å². The van der Waals surface area contributed by atoms with Crippen molar-refractivity contribution in [2.24, 2.45) is 0 Å². The minimum absolute atomic E-state index is 0.0116. The molecule has 21 heavy (non-hydrogen) atoms. The third kappa shape index (κ3) is 6.31. The number of thioether (sulfide) groups is 1. The predicted molar refractivity (Wildman–Crippen MR) is 78.8 cm³/mol. The SMILES string of the molecule is CSC(CO)C(C)NC(=O)Cc1ccc(OC(F)F)cc1. The van der Waals surface area contributed by atoms with Gasteiger partial charge >= 0.3 is 6.61 Å². The zero-order valence-corrected chi connectivity index (χ0v) is 12.7. The highest BCUT2D eigenvalue weighted by molar-refractivity contribution is 7.99. The van der Waals surface area contributed by atoms with Gasteiger partial charge in [0.2, 0.25) is 5.91 Å². The average molecular weight is 319 g/mol. The molecule has 0 spiro atoms. The molecular weight excluding hydrogens is 300 g/mol. The van der Waals surface area contributed by atoms with Gasteiger partial charge in [0, 0.05) is 11.3 Å². The second kappa shape index (κ2) is 8.84. The van der Waals surface area contributed by atoms with Crippen LogP contribution < -0.4 is 10.1 Å². The summed E-state index contributed by atoms with van der Waals surface area (Å²) in [6, 6.07) is 5.78. The van der Waals surface area contributed by atoms with Crippen molar-refractivity contribution in [2.45, 2.75) is 31.2 Å². The van der Waals surface area contributed by atoms with Crippen LogP contribution in [-0.4, -0.2) is 41.8 Å². The van der Waals surface area contributed by atoms with E-state index in [2.05, 4.69) is 10.1 Å². The van der Waals surface area contributed by atoms with E-state index < -0.39 is 6.61 Å². The molecule has 1 amide bonds. The van der Waals surface area contributed by atoms with Crippen molar-refractivity contribution in [3.8, 4) is 5.75 Å². The summed E-state index contributed by atoms with van der Waals surface area (Å²) < 4.78 is 28.3. The fraction of sp³-hybridized carbons (Fsp3) is 0.500. The third-order valence-corrected chi connectivity index (χ3v) is 4.11. The van der Waals surface area contributed by atoms with Crippen LogP contribution in [-0.2, 0) is 11.2 Å². The minimum atomic E-state index is -2.86. The van der Waals surface area contributed by atoms with Crippen molar-refractivity contribution in [1.82, 2.24) is 5.32 Å². The summed E-state index contributed by atoms with van der Waals surface area (Å²) in [4.78, 5) is 11.9. The van der Waals surface area contributed by atoms with E-state index in [1.807, 2.05) is 13.2 Å². The van der Waals surface area contributed by atoms with Crippen LogP contribution in [0.3, 0.4) is 0 Å². The molecule has 0 fully saturated rings. The highest BCUT2D eigenvalue weighted by Crippen LogP contribution is 2.15. The van der Waals surface area contributed by atoms with E-state index in [0.717, 1.165) is 0 Å². The van der Waals surface area contributed by atoms with Crippen LogP contribution in [0, 0.1) is 0 Å². The third-order valence-electron chi connectivity index (χ3n) is 2.94. The Labute approximate surface area is 126 Å². The average Bonchev–Trinajstić information content (AvgIpc) is 2.41. The van der Waals surface area contributed by atoms with Crippen LogP contribution in [0.5, 0.6) is 5.75 Å². The lowest BCUT2D eigenvalue weighted by Crippen LogP contribution is -2.41. The summed E-state index contributed by atoms with van der Waals surface area (Å²) in [5.41, 5.74) is 0.700. The molecule has 0 aliphatic carbocycles. The van der Waals surface area contributed by atoms with E-state index in [4.69, 9.17) is 5.11 Å². The predicted octanol–water partition coefficient (Wildman–Crippen LogP) is 2.06. The Morgan fingerprint density at radius 2 is 2.00 bits per heavy atom. The van der Waals surface area contributed by atoms with Crippen LogP contribution >= 0.6 is 11.8 Å². The van der Waals surface area contributed by atoms with Gasteiger partial charge in [-0.15, -0.1) is 0 Å². The van der Waals surface area contributed by atoms with E-state index in [0.29, 0.717) is 5.56 Å². The van der Waals surface area contributed by atoms with Gasteiger partial charge in [0.15, 0.2) is 0 Å². The van der Waals surface area contributed by atoms with Crippen LogP contribution in [0.1, 0.15) is 12.5 Å². The maximum absolute atomic E-state index is 12.0. The number of hydrogen-bond donors (Lipinski definition) is 2. The molecule has 0 aromatic heterocycles. The van der Waals surface area contributed by atoms with Crippen molar-refractivity contribution in [2.75, 3.05) is 12.9 Å². The van der Waals surface area contributed by atoms with E-state index >= 15 is 0 Å². The number of benzene rings is 1. The number of ether oxygens (including phenoxy) is 1. The van der Waals surface area contributed by atoms with Crippen LogP contribution in [0.4, 0.5) is 8.78 Å². The summed E-state index contributed by atoms with van der Waals surface area (Å²) in [6.45, 7) is -1.04. The lowest BCUT2D eigenvalue weighted by molar-refractivity contribution is -0.121. The first-order valence-electron chi connectivity index (χ1n) is 6.43. The van der Waals surface area contributed by atoms with Gasteiger partial charge in [0.25, 0.3) is 0 Å². The topological polar surface area (TPSA) is 58.6 Å². The number of nitrogens with one attached hydrogen (secondary N) is 1. The molecule has 0 aliphatic heterocycles. The van der Waals surface area contributed by atoms with Gasteiger partial charge in [-0.3, -0.25) is 4.79 Å². The number of aliphatic hydroxyl groups is 1. The minimum Gasteiger partial charge on any atom is -0.435 e. The highest BCUT2D eigenvalue weighted by atomic mass is 32.2. The Kier molecular flexibility index (Phi) is 7.45. The molecule has 0 saturated carbocycles. The zero-order chi connectivity index (χ0) is 15.8. The molecular formula is C14H19F2NO3S. The largest absolute Gasteiger partial charge is 0.435 e. The maximum Gasteiger partial charge on any atom is 0.387 e. The Bertz CT molecular complexity index is 438. The number of amides is 1.